The van der Waals surface area contributed by atoms with Gasteiger partial charge in [0.15, 0.2) is 0 Å². The van der Waals surface area contributed by atoms with Crippen molar-refractivity contribution >= 4 is 11.8 Å². The first-order valence-corrected chi connectivity index (χ1v) is 7.02. The van der Waals surface area contributed by atoms with E-state index in [-0.39, 0.29) is 5.41 Å². The zero-order valence-electron chi connectivity index (χ0n) is 9.38. The standard InChI is InChI=1S/C12H21NS/c1-11-5-3-6-12(9-11,10-13)7-4-8-14-2/h11H,3-9H2,1-2H3. The van der Waals surface area contributed by atoms with E-state index in [0.29, 0.717) is 0 Å². The summed E-state index contributed by atoms with van der Waals surface area (Å²) in [5, 5.41) is 9.30. The molecule has 0 aliphatic heterocycles. The third kappa shape index (κ3) is 3.20. The van der Waals surface area contributed by atoms with E-state index in [1.54, 1.807) is 0 Å². The van der Waals surface area contributed by atoms with Gasteiger partial charge in [-0.05, 0) is 43.6 Å². The van der Waals surface area contributed by atoms with Crippen LogP contribution in [-0.2, 0) is 0 Å². The van der Waals surface area contributed by atoms with Gasteiger partial charge in [-0.2, -0.15) is 17.0 Å². The Labute approximate surface area is 92.3 Å². The van der Waals surface area contributed by atoms with Crippen molar-refractivity contribution < 1.29 is 0 Å². The summed E-state index contributed by atoms with van der Waals surface area (Å²) in [5.74, 6) is 1.97. The Hall–Kier alpha value is -0.160. The Bertz CT molecular complexity index is 209. The fourth-order valence-electron chi connectivity index (χ4n) is 2.60. The van der Waals surface area contributed by atoms with E-state index in [0.717, 1.165) is 25.2 Å². The summed E-state index contributed by atoms with van der Waals surface area (Å²) in [5.41, 5.74) is 0.0351. The van der Waals surface area contributed by atoms with Crippen molar-refractivity contribution in [3.63, 3.8) is 0 Å². The molecule has 1 nitrogen and oxygen atoms in total. The van der Waals surface area contributed by atoms with E-state index >= 15 is 0 Å². The smallest absolute Gasteiger partial charge is 0.0689 e. The SMILES string of the molecule is CSCCCC1(C#N)CCCC(C)C1. The minimum atomic E-state index is 0.0351. The normalized spacial score (nSPS) is 32.5. The first kappa shape index (κ1) is 11.9. The van der Waals surface area contributed by atoms with Gasteiger partial charge in [0.05, 0.1) is 11.5 Å². The molecule has 1 aliphatic carbocycles. The average Bonchev–Trinajstić information content (AvgIpc) is 2.18. The molecule has 0 N–H and O–H groups in total. The number of hydrogen-bond acceptors (Lipinski definition) is 2. The highest BCUT2D eigenvalue weighted by Crippen LogP contribution is 2.42. The second kappa shape index (κ2) is 5.66. The monoisotopic (exact) mass is 211 g/mol. The number of nitrogens with zero attached hydrogens (tertiary/aromatic N) is 1. The highest BCUT2D eigenvalue weighted by atomic mass is 32.2. The first-order valence-electron chi connectivity index (χ1n) is 5.63. The lowest BCUT2D eigenvalue weighted by atomic mass is 9.69. The van der Waals surface area contributed by atoms with Gasteiger partial charge < -0.3 is 0 Å². The molecule has 1 fully saturated rings. The zero-order chi connectivity index (χ0) is 10.4. The summed E-state index contributed by atoms with van der Waals surface area (Å²) < 4.78 is 0. The van der Waals surface area contributed by atoms with Crippen molar-refractivity contribution in [3.8, 4) is 6.07 Å². The van der Waals surface area contributed by atoms with Crippen LogP contribution in [0.15, 0.2) is 0 Å². The molecule has 2 atom stereocenters. The zero-order valence-corrected chi connectivity index (χ0v) is 10.2. The maximum absolute atomic E-state index is 9.30. The maximum atomic E-state index is 9.30. The number of nitriles is 1. The summed E-state index contributed by atoms with van der Waals surface area (Å²) in [6.45, 7) is 2.29. The van der Waals surface area contributed by atoms with Gasteiger partial charge in [-0.15, -0.1) is 0 Å². The van der Waals surface area contributed by atoms with Crippen LogP contribution in [0.4, 0.5) is 0 Å². The van der Waals surface area contributed by atoms with Gasteiger partial charge >= 0.3 is 0 Å². The van der Waals surface area contributed by atoms with Gasteiger partial charge in [-0.1, -0.05) is 19.8 Å². The third-order valence-corrected chi connectivity index (χ3v) is 4.03. The van der Waals surface area contributed by atoms with Crippen LogP contribution in [-0.4, -0.2) is 12.0 Å². The highest BCUT2D eigenvalue weighted by Gasteiger charge is 2.34. The summed E-state index contributed by atoms with van der Waals surface area (Å²) in [6.07, 6.45) is 9.33. The first-order chi connectivity index (χ1) is 6.72. The second-order valence-electron chi connectivity index (χ2n) is 4.69. The van der Waals surface area contributed by atoms with Gasteiger partial charge in [0.2, 0.25) is 0 Å². The van der Waals surface area contributed by atoms with Crippen molar-refractivity contribution in [3.05, 3.63) is 0 Å². The third-order valence-electron chi connectivity index (χ3n) is 3.33. The molecule has 1 rings (SSSR count). The fourth-order valence-corrected chi connectivity index (χ4v) is 3.03. The lowest BCUT2D eigenvalue weighted by molar-refractivity contribution is 0.196. The Kier molecular flexibility index (Phi) is 4.81. The fraction of sp³-hybridized carbons (Fsp3) is 0.917. The van der Waals surface area contributed by atoms with E-state index in [4.69, 9.17) is 0 Å². The molecule has 0 aromatic heterocycles. The van der Waals surface area contributed by atoms with Crippen LogP contribution in [0.5, 0.6) is 0 Å². The van der Waals surface area contributed by atoms with Crippen LogP contribution < -0.4 is 0 Å². The molecule has 1 aliphatic rings. The van der Waals surface area contributed by atoms with E-state index in [1.807, 2.05) is 11.8 Å². The van der Waals surface area contributed by atoms with Crippen molar-refractivity contribution in [2.45, 2.75) is 45.4 Å². The van der Waals surface area contributed by atoms with Crippen LogP contribution in [0.1, 0.15) is 45.4 Å². The number of rotatable bonds is 4. The van der Waals surface area contributed by atoms with Crippen LogP contribution in [0, 0.1) is 22.7 Å². The van der Waals surface area contributed by atoms with Gasteiger partial charge in [-0.3, -0.25) is 0 Å². The van der Waals surface area contributed by atoms with E-state index in [2.05, 4.69) is 19.2 Å². The molecule has 0 heterocycles. The van der Waals surface area contributed by atoms with Crippen LogP contribution in [0.25, 0.3) is 0 Å². The summed E-state index contributed by atoms with van der Waals surface area (Å²) >= 11 is 1.89. The van der Waals surface area contributed by atoms with Crippen LogP contribution >= 0.6 is 11.8 Å². The largest absolute Gasteiger partial charge is 0.198 e. The second-order valence-corrected chi connectivity index (χ2v) is 5.68. The predicted molar refractivity (Wildman–Crippen MR) is 63.3 cm³/mol. The molecule has 0 spiro atoms. The van der Waals surface area contributed by atoms with Crippen LogP contribution in [0.3, 0.4) is 0 Å². The minimum Gasteiger partial charge on any atom is -0.198 e. The Balaban J connectivity index is 2.44. The molecule has 0 aromatic rings. The Morgan fingerprint density at radius 1 is 1.57 bits per heavy atom. The van der Waals surface area contributed by atoms with Crippen molar-refractivity contribution in [2.24, 2.45) is 11.3 Å². The molecule has 80 valence electrons. The highest BCUT2D eigenvalue weighted by molar-refractivity contribution is 7.98. The Morgan fingerprint density at radius 3 is 2.93 bits per heavy atom. The minimum absolute atomic E-state index is 0.0351. The van der Waals surface area contributed by atoms with Gasteiger partial charge in [0.25, 0.3) is 0 Å². The molecule has 0 saturated heterocycles. The molecular formula is C12H21NS. The summed E-state index contributed by atoms with van der Waals surface area (Å²) in [4.78, 5) is 0. The number of thioether (sulfide) groups is 1. The molecule has 0 radical (unpaired) electrons. The van der Waals surface area contributed by atoms with Gasteiger partial charge in [-0.25, -0.2) is 0 Å². The summed E-state index contributed by atoms with van der Waals surface area (Å²) in [7, 11) is 0. The van der Waals surface area contributed by atoms with Gasteiger partial charge in [0.1, 0.15) is 0 Å². The van der Waals surface area contributed by atoms with E-state index in [9.17, 15) is 5.26 Å². The maximum Gasteiger partial charge on any atom is 0.0689 e. The average molecular weight is 211 g/mol. The van der Waals surface area contributed by atoms with Crippen LogP contribution in [0.2, 0.25) is 0 Å². The van der Waals surface area contributed by atoms with Crippen molar-refractivity contribution in [1.82, 2.24) is 0 Å². The molecule has 2 heteroatoms. The van der Waals surface area contributed by atoms with E-state index < -0.39 is 0 Å². The number of hydrogen-bond donors (Lipinski definition) is 0. The predicted octanol–water partition coefficient (Wildman–Crippen LogP) is 3.85. The van der Waals surface area contributed by atoms with Gasteiger partial charge in [0, 0.05) is 0 Å². The molecule has 14 heavy (non-hydrogen) atoms. The Morgan fingerprint density at radius 2 is 2.36 bits per heavy atom. The van der Waals surface area contributed by atoms with Crippen molar-refractivity contribution in [1.29, 1.82) is 5.26 Å². The lowest BCUT2D eigenvalue weighted by Crippen LogP contribution is -2.26. The molecule has 0 bridgehead atoms. The molecule has 0 aromatic carbocycles. The quantitative estimate of drug-likeness (QED) is 0.659. The van der Waals surface area contributed by atoms with Crippen molar-refractivity contribution in [2.75, 3.05) is 12.0 Å². The molecule has 2 unspecified atom stereocenters. The lowest BCUT2D eigenvalue weighted by Gasteiger charge is -2.34. The molecule has 0 amide bonds. The summed E-state index contributed by atoms with van der Waals surface area (Å²) in [6, 6.07) is 2.60. The molecule has 1 saturated carbocycles. The van der Waals surface area contributed by atoms with E-state index in [1.165, 1.54) is 25.0 Å². The molecular weight excluding hydrogens is 190 g/mol. The topological polar surface area (TPSA) is 23.8 Å².